The van der Waals surface area contributed by atoms with Crippen LogP contribution in [0.2, 0.25) is 0 Å². The Kier molecular flexibility index (Phi) is 3.85. The maximum atomic E-state index is 13.2. The largest absolute Gasteiger partial charge is 0.493 e. The van der Waals surface area contributed by atoms with Crippen LogP contribution in [0.3, 0.4) is 0 Å². The van der Waals surface area contributed by atoms with Crippen molar-refractivity contribution < 1.29 is 33.4 Å². The molecule has 148 valence electrons. The molecule has 3 aliphatic heterocycles. The number of hydrogen-bond donors (Lipinski definition) is 1. The van der Waals surface area contributed by atoms with Crippen LogP contribution >= 0.6 is 0 Å². The number of fused-ring (bicyclic) bond motifs is 2. The number of imide groups is 1. The van der Waals surface area contributed by atoms with Gasteiger partial charge in [-0.2, -0.15) is 0 Å². The summed E-state index contributed by atoms with van der Waals surface area (Å²) in [6, 6.07) is 10.1. The molecule has 3 aliphatic rings. The number of benzene rings is 2. The summed E-state index contributed by atoms with van der Waals surface area (Å²) in [6.07, 6.45) is -1.03. The molecule has 0 unspecified atom stereocenters. The molecule has 9 heteroatoms. The van der Waals surface area contributed by atoms with Gasteiger partial charge in [0, 0.05) is 11.6 Å². The van der Waals surface area contributed by atoms with Gasteiger partial charge in [-0.1, -0.05) is 0 Å². The molecule has 1 fully saturated rings. The summed E-state index contributed by atoms with van der Waals surface area (Å²) in [5, 5.41) is 0. The lowest BCUT2D eigenvalue weighted by atomic mass is 10.0. The molecule has 2 aromatic rings. The maximum Gasteiger partial charge on any atom is 0.270 e. The molecule has 9 nitrogen and oxygen atoms in total. The van der Waals surface area contributed by atoms with Gasteiger partial charge in [-0.05, 0) is 30.3 Å². The monoisotopic (exact) mass is 396 g/mol. The highest BCUT2D eigenvalue weighted by molar-refractivity contribution is 6.33. The van der Waals surface area contributed by atoms with Gasteiger partial charge < -0.3 is 18.9 Å². The Morgan fingerprint density at radius 3 is 2.59 bits per heavy atom. The quantitative estimate of drug-likeness (QED) is 0.779. The first-order valence-electron chi connectivity index (χ1n) is 8.78. The van der Waals surface area contributed by atoms with E-state index in [0.717, 1.165) is 4.90 Å². The van der Waals surface area contributed by atoms with E-state index in [1.165, 1.54) is 14.2 Å². The van der Waals surface area contributed by atoms with Crippen molar-refractivity contribution in [1.29, 1.82) is 0 Å². The zero-order valence-electron chi connectivity index (χ0n) is 15.6. The van der Waals surface area contributed by atoms with Crippen LogP contribution in [0.1, 0.15) is 5.56 Å². The normalized spacial score (nSPS) is 19.5. The molecule has 0 saturated carbocycles. The van der Waals surface area contributed by atoms with E-state index in [0.29, 0.717) is 39.9 Å². The summed E-state index contributed by atoms with van der Waals surface area (Å²) in [5.41, 5.74) is 4.38. The maximum absolute atomic E-state index is 13.2. The first-order valence-corrected chi connectivity index (χ1v) is 8.78. The van der Waals surface area contributed by atoms with Crippen molar-refractivity contribution in [2.24, 2.45) is 0 Å². The van der Waals surface area contributed by atoms with Crippen LogP contribution in [0.25, 0.3) is 5.70 Å². The average molecular weight is 396 g/mol. The molecule has 1 saturated heterocycles. The summed E-state index contributed by atoms with van der Waals surface area (Å²) < 4.78 is 21.2. The van der Waals surface area contributed by atoms with Gasteiger partial charge in [0.2, 0.25) is 6.79 Å². The Bertz CT molecular complexity index is 1080. The number of rotatable bonds is 4. The standard InChI is InChI=1S/C20H16N2O7/c1-25-12-5-3-10(7-14(12)26-2)17-16-18(29-21-17)20(24)22(19(16)23)11-4-6-13-15(8-11)28-9-27-13/h3-8,18,21H,9H2,1-2H3/t18-/m0/s1. The number of nitrogens with one attached hydrogen (secondary N) is 1. The van der Waals surface area contributed by atoms with Crippen LogP contribution in [0.5, 0.6) is 23.0 Å². The second-order valence-electron chi connectivity index (χ2n) is 6.47. The molecular formula is C20H16N2O7. The zero-order chi connectivity index (χ0) is 20.1. The van der Waals surface area contributed by atoms with E-state index in [1.54, 1.807) is 36.4 Å². The fourth-order valence-electron chi connectivity index (χ4n) is 3.57. The highest BCUT2D eigenvalue weighted by Gasteiger charge is 2.50. The van der Waals surface area contributed by atoms with Crippen molar-refractivity contribution in [1.82, 2.24) is 5.48 Å². The second kappa shape index (κ2) is 6.42. The minimum atomic E-state index is -1.03. The molecule has 0 radical (unpaired) electrons. The van der Waals surface area contributed by atoms with Crippen LogP contribution in [0, 0.1) is 0 Å². The number of methoxy groups -OCH3 is 2. The van der Waals surface area contributed by atoms with Crippen molar-refractivity contribution in [3.05, 3.63) is 47.5 Å². The second-order valence-corrected chi connectivity index (χ2v) is 6.47. The molecule has 0 bridgehead atoms. The first-order chi connectivity index (χ1) is 14.1. The third-order valence-corrected chi connectivity index (χ3v) is 4.98. The molecule has 0 spiro atoms. The fraction of sp³-hybridized carbons (Fsp3) is 0.200. The molecule has 29 heavy (non-hydrogen) atoms. The lowest BCUT2D eigenvalue weighted by Gasteiger charge is -2.16. The smallest absolute Gasteiger partial charge is 0.270 e. The van der Waals surface area contributed by atoms with E-state index in [2.05, 4.69) is 5.48 Å². The van der Waals surface area contributed by atoms with Gasteiger partial charge in [0.05, 0.1) is 31.2 Å². The van der Waals surface area contributed by atoms with Gasteiger partial charge in [0.15, 0.2) is 29.1 Å². The number of ether oxygens (including phenoxy) is 4. The van der Waals surface area contributed by atoms with Crippen LogP contribution < -0.4 is 29.3 Å². The third kappa shape index (κ3) is 2.51. The van der Waals surface area contributed by atoms with Crippen LogP contribution in [0.15, 0.2) is 42.0 Å². The Hall–Kier alpha value is -3.72. The number of hydrogen-bond acceptors (Lipinski definition) is 8. The Balaban J connectivity index is 1.56. The van der Waals surface area contributed by atoms with E-state index in [9.17, 15) is 9.59 Å². The predicted octanol–water partition coefficient (Wildman–Crippen LogP) is 1.62. The summed E-state index contributed by atoms with van der Waals surface area (Å²) in [5.74, 6) is 1.14. The molecule has 0 aromatic heterocycles. The fourth-order valence-corrected chi connectivity index (χ4v) is 3.57. The molecule has 5 rings (SSSR count). The lowest BCUT2D eigenvalue weighted by molar-refractivity contribution is -0.127. The average Bonchev–Trinajstić information content (AvgIpc) is 3.44. The summed E-state index contributed by atoms with van der Waals surface area (Å²) in [7, 11) is 3.06. The number of carbonyl (C=O) groups is 2. The Morgan fingerprint density at radius 2 is 1.79 bits per heavy atom. The summed E-state index contributed by atoms with van der Waals surface area (Å²) in [4.78, 5) is 32.6. The van der Waals surface area contributed by atoms with Gasteiger partial charge in [0.1, 0.15) is 0 Å². The van der Waals surface area contributed by atoms with E-state index in [4.69, 9.17) is 23.8 Å². The lowest BCUT2D eigenvalue weighted by Crippen LogP contribution is -2.34. The van der Waals surface area contributed by atoms with Crippen LogP contribution in [0.4, 0.5) is 5.69 Å². The van der Waals surface area contributed by atoms with Gasteiger partial charge >= 0.3 is 0 Å². The minimum absolute atomic E-state index is 0.102. The highest BCUT2D eigenvalue weighted by Crippen LogP contribution is 2.41. The highest BCUT2D eigenvalue weighted by atomic mass is 16.7. The SMILES string of the molecule is COc1ccc(C2=C3C(=O)N(c4ccc5c(c4)OCO5)C(=O)[C@H]3ON2)cc1OC. The number of nitrogens with zero attached hydrogens (tertiary/aromatic N) is 1. The first kappa shape index (κ1) is 17.4. The Morgan fingerprint density at radius 1 is 1.00 bits per heavy atom. The van der Waals surface area contributed by atoms with E-state index in [1.807, 2.05) is 0 Å². The van der Waals surface area contributed by atoms with E-state index in [-0.39, 0.29) is 12.4 Å². The minimum Gasteiger partial charge on any atom is -0.493 e. The molecule has 1 N–H and O–H groups in total. The number of amides is 2. The Labute approximate surface area is 165 Å². The number of hydroxylamine groups is 1. The van der Waals surface area contributed by atoms with Gasteiger partial charge in [-0.15, -0.1) is 0 Å². The van der Waals surface area contributed by atoms with Crippen molar-refractivity contribution in [3.63, 3.8) is 0 Å². The third-order valence-electron chi connectivity index (χ3n) is 4.98. The molecule has 3 heterocycles. The molecule has 0 aliphatic carbocycles. The molecule has 2 aromatic carbocycles. The summed E-state index contributed by atoms with van der Waals surface area (Å²) >= 11 is 0. The topological polar surface area (TPSA) is 95.6 Å². The van der Waals surface area contributed by atoms with Crippen molar-refractivity contribution in [3.8, 4) is 23.0 Å². The van der Waals surface area contributed by atoms with E-state index >= 15 is 0 Å². The van der Waals surface area contributed by atoms with Crippen LogP contribution in [-0.4, -0.2) is 38.9 Å². The van der Waals surface area contributed by atoms with Crippen LogP contribution in [-0.2, 0) is 14.4 Å². The van der Waals surface area contributed by atoms with Gasteiger partial charge in [-0.3, -0.25) is 19.9 Å². The van der Waals surface area contributed by atoms with Gasteiger partial charge in [0.25, 0.3) is 11.8 Å². The van der Waals surface area contributed by atoms with Crippen molar-refractivity contribution in [2.75, 3.05) is 25.9 Å². The molecule has 1 atom stereocenters. The van der Waals surface area contributed by atoms with Crippen molar-refractivity contribution >= 4 is 23.2 Å². The van der Waals surface area contributed by atoms with Gasteiger partial charge in [-0.25, -0.2) is 4.90 Å². The summed E-state index contributed by atoms with van der Waals surface area (Å²) in [6.45, 7) is 0.102. The predicted molar refractivity (Wildman–Crippen MR) is 99.5 cm³/mol. The van der Waals surface area contributed by atoms with Crippen molar-refractivity contribution in [2.45, 2.75) is 6.10 Å². The number of anilines is 1. The number of carbonyl (C=O) groups excluding carboxylic acids is 2. The molecule has 2 amide bonds. The van der Waals surface area contributed by atoms with E-state index < -0.39 is 17.9 Å². The zero-order valence-corrected chi connectivity index (χ0v) is 15.6. The molecular weight excluding hydrogens is 380 g/mol.